The van der Waals surface area contributed by atoms with E-state index in [1.807, 2.05) is 0 Å². The van der Waals surface area contributed by atoms with Crippen LogP contribution in [0, 0.1) is 5.92 Å². The van der Waals surface area contributed by atoms with Crippen molar-refractivity contribution in [1.82, 2.24) is 14.7 Å². The van der Waals surface area contributed by atoms with Crippen molar-refractivity contribution >= 4 is 11.8 Å². The van der Waals surface area contributed by atoms with Crippen LogP contribution < -0.4 is 0 Å². The predicted molar refractivity (Wildman–Crippen MR) is 308 cm³/mol. The van der Waals surface area contributed by atoms with E-state index < -0.39 is 0 Å². The summed E-state index contributed by atoms with van der Waals surface area (Å²) in [5, 5.41) is 9.97. The van der Waals surface area contributed by atoms with Crippen molar-refractivity contribution < 1.29 is 14.7 Å². The van der Waals surface area contributed by atoms with E-state index in [4.69, 9.17) is 0 Å². The molecule has 0 spiro atoms. The average Bonchev–Trinajstić information content (AvgIpc) is 3.37. The fraction of sp³-hybridized carbons (Fsp3) is 0.969. The van der Waals surface area contributed by atoms with Crippen LogP contribution in [0.15, 0.2) is 0 Å². The Hall–Kier alpha value is -1.14. The minimum absolute atomic E-state index is 0.317. The summed E-state index contributed by atoms with van der Waals surface area (Å²) >= 11 is 0. The maximum Gasteiger partial charge on any atom is 0.222 e. The van der Waals surface area contributed by atoms with Crippen molar-refractivity contribution in [2.45, 2.75) is 348 Å². The Kier molecular flexibility index (Phi) is 50.4. The van der Waals surface area contributed by atoms with E-state index in [2.05, 4.69) is 42.4 Å². The first-order chi connectivity index (χ1) is 34.5. The molecule has 0 aliphatic heterocycles. The summed E-state index contributed by atoms with van der Waals surface area (Å²) in [7, 11) is 0. The molecule has 0 aromatic carbocycles. The third-order valence-corrected chi connectivity index (χ3v) is 16.3. The molecule has 1 saturated carbocycles. The van der Waals surface area contributed by atoms with Gasteiger partial charge in [-0.1, -0.05) is 259 Å². The van der Waals surface area contributed by atoms with Crippen LogP contribution in [-0.4, -0.2) is 83.5 Å². The third kappa shape index (κ3) is 40.3. The number of aliphatic hydroxyl groups is 1. The van der Waals surface area contributed by atoms with Gasteiger partial charge < -0.3 is 19.8 Å². The van der Waals surface area contributed by atoms with Gasteiger partial charge in [0.1, 0.15) is 0 Å². The van der Waals surface area contributed by atoms with Crippen molar-refractivity contribution in [3.63, 3.8) is 0 Å². The smallest absolute Gasteiger partial charge is 0.222 e. The Balaban J connectivity index is 2.53. The third-order valence-electron chi connectivity index (χ3n) is 16.3. The summed E-state index contributed by atoms with van der Waals surface area (Å²) < 4.78 is 0. The molecule has 70 heavy (non-hydrogen) atoms. The number of unbranched alkanes of at least 4 members (excludes halogenated alkanes) is 36. The summed E-state index contributed by atoms with van der Waals surface area (Å²) in [5.74, 6) is 1.47. The molecule has 1 fully saturated rings. The van der Waals surface area contributed by atoms with E-state index in [1.165, 1.54) is 296 Å². The normalized spacial score (nSPS) is 15.1. The van der Waals surface area contributed by atoms with Gasteiger partial charge >= 0.3 is 0 Å². The molecule has 0 aromatic rings. The molecule has 6 heteroatoms. The monoisotopic (exact) mass is 986 g/mol. The Labute approximate surface area is 439 Å². The molecule has 0 saturated heterocycles. The van der Waals surface area contributed by atoms with Gasteiger partial charge in [-0.05, 0) is 89.6 Å². The molecule has 1 aliphatic rings. The number of rotatable bonds is 55. The van der Waals surface area contributed by atoms with Crippen molar-refractivity contribution in [1.29, 1.82) is 0 Å². The lowest BCUT2D eigenvalue weighted by Crippen LogP contribution is -2.44. The van der Waals surface area contributed by atoms with Gasteiger partial charge in [-0.3, -0.25) is 9.59 Å². The van der Waals surface area contributed by atoms with Gasteiger partial charge in [0, 0.05) is 51.7 Å². The SMILES string of the molecule is CCCCCCCCCCN(CCCCCCCCCC)C(=O)CCCCCCCN(CCCCCCCC(=O)N(CCCCCCCCCC)CCCCCCCCCC)C1CCCCC1CCO. The first-order valence-corrected chi connectivity index (χ1v) is 32.4. The number of nitrogens with zero attached hydrogens (tertiary/aromatic N) is 3. The molecule has 2 amide bonds. The number of carbonyl (C=O) groups excluding carboxylic acids is 2. The van der Waals surface area contributed by atoms with Crippen molar-refractivity contribution in [3.8, 4) is 0 Å². The van der Waals surface area contributed by atoms with Gasteiger partial charge in [0.05, 0.1) is 0 Å². The fourth-order valence-electron chi connectivity index (χ4n) is 11.6. The lowest BCUT2D eigenvalue weighted by molar-refractivity contribution is -0.132. The molecule has 0 bridgehead atoms. The van der Waals surface area contributed by atoms with Gasteiger partial charge in [-0.25, -0.2) is 0 Å². The maximum atomic E-state index is 13.5. The Bertz CT molecular complexity index is 974. The second kappa shape index (κ2) is 52.7. The molecule has 2 unspecified atom stereocenters. The van der Waals surface area contributed by atoms with E-state index in [1.54, 1.807) is 0 Å². The molecule has 416 valence electrons. The summed E-state index contributed by atoms with van der Waals surface area (Å²) in [6, 6.07) is 0.623. The van der Waals surface area contributed by atoms with Gasteiger partial charge in [0.15, 0.2) is 0 Å². The molecule has 0 heterocycles. The topological polar surface area (TPSA) is 64.1 Å². The molecular weight excluding hydrogens is 859 g/mol. The number of hydrogen-bond donors (Lipinski definition) is 1. The zero-order chi connectivity index (χ0) is 50.6. The molecule has 2 atom stereocenters. The van der Waals surface area contributed by atoms with Crippen LogP contribution in [0.25, 0.3) is 0 Å². The van der Waals surface area contributed by atoms with E-state index in [0.29, 0.717) is 30.4 Å². The first-order valence-electron chi connectivity index (χ1n) is 32.4. The van der Waals surface area contributed by atoms with Crippen LogP contribution in [0.2, 0.25) is 0 Å². The summed E-state index contributed by atoms with van der Waals surface area (Å²) in [4.78, 5) is 34.4. The number of amides is 2. The Morgan fingerprint density at radius 1 is 0.343 bits per heavy atom. The second-order valence-electron chi connectivity index (χ2n) is 22.9. The van der Waals surface area contributed by atoms with Crippen LogP contribution in [0.5, 0.6) is 0 Å². The maximum absolute atomic E-state index is 13.5. The summed E-state index contributed by atoms with van der Waals surface area (Å²) in [5.41, 5.74) is 0. The van der Waals surface area contributed by atoms with Gasteiger partial charge in [-0.2, -0.15) is 0 Å². The molecule has 1 aliphatic carbocycles. The Morgan fingerprint density at radius 2 is 0.600 bits per heavy atom. The highest BCUT2D eigenvalue weighted by Gasteiger charge is 2.29. The lowest BCUT2D eigenvalue weighted by Gasteiger charge is -2.40. The zero-order valence-corrected chi connectivity index (χ0v) is 48.4. The average molecular weight is 987 g/mol. The van der Waals surface area contributed by atoms with Gasteiger partial charge in [0.2, 0.25) is 11.8 Å². The Morgan fingerprint density at radius 3 is 0.900 bits per heavy atom. The number of hydrogen-bond acceptors (Lipinski definition) is 4. The molecule has 1 N–H and O–H groups in total. The highest BCUT2D eigenvalue weighted by atomic mass is 16.3. The largest absolute Gasteiger partial charge is 0.396 e. The highest BCUT2D eigenvalue weighted by molar-refractivity contribution is 5.76. The van der Waals surface area contributed by atoms with Crippen molar-refractivity contribution in [2.75, 3.05) is 45.9 Å². The second-order valence-corrected chi connectivity index (χ2v) is 22.9. The quantitative estimate of drug-likeness (QED) is 0.0617. The van der Waals surface area contributed by atoms with Crippen LogP contribution in [0.1, 0.15) is 342 Å². The van der Waals surface area contributed by atoms with E-state index in [9.17, 15) is 14.7 Å². The van der Waals surface area contributed by atoms with E-state index in [0.717, 1.165) is 58.3 Å². The first kappa shape index (κ1) is 66.9. The van der Waals surface area contributed by atoms with E-state index in [-0.39, 0.29) is 0 Å². The molecular formula is C64H127N3O3. The standard InChI is InChI=1S/C64H127N3O3/c1-5-9-13-17-21-25-33-45-56-66(57-46-34-26-22-18-14-10-6-2)63(69)51-39-31-29-37-43-54-65(62-50-42-41-49-61(62)53-60-68)55-44-38-30-32-40-52-64(70)67(58-47-35-27-23-19-15-11-7-3)59-48-36-28-24-20-16-12-8-4/h61-62,68H,5-60H2,1-4H3. The van der Waals surface area contributed by atoms with Crippen LogP contribution in [0.4, 0.5) is 0 Å². The summed E-state index contributed by atoms with van der Waals surface area (Å²) in [6.45, 7) is 15.7. The van der Waals surface area contributed by atoms with Crippen molar-refractivity contribution in [2.24, 2.45) is 5.92 Å². The van der Waals surface area contributed by atoms with E-state index >= 15 is 0 Å². The predicted octanol–water partition coefficient (Wildman–Crippen LogP) is 19.1. The van der Waals surface area contributed by atoms with Gasteiger partial charge in [0.25, 0.3) is 0 Å². The zero-order valence-electron chi connectivity index (χ0n) is 48.4. The highest BCUT2D eigenvalue weighted by Crippen LogP contribution is 2.31. The van der Waals surface area contributed by atoms with Crippen LogP contribution in [-0.2, 0) is 9.59 Å². The molecule has 0 radical (unpaired) electrons. The number of aliphatic hydroxyl groups excluding tert-OH is 1. The molecule has 6 nitrogen and oxygen atoms in total. The van der Waals surface area contributed by atoms with Crippen molar-refractivity contribution in [3.05, 3.63) is 0 Å². The number of carbonyl (C=O) groups is 2. The minimum atomic E-state index is 0.317. The van der Waals surface area contributed by atoms with Crippen LogP contribution in [0.3, 0.4) is 0 Å². The van der Waals surface area contributed by atoms with Gasteiger partial charge in [-0.15, -0.1) is 0 Å². The lowest BCUT2D eigenvalue weighted by atomic mass is 9.81. The fourth-order valence-corrected chi connectivity index (χ4v) is 11.6. The summed E-state index contributed by atoms with van der Waals surface area (Å²) in [6.07, 6.45) is 61.8. The van der Waals surface area contributed by atoms with Crippen LogP contribution >= 0.6 is 0 Å². The minimum Gasteiger partial charge on any atom is -0.396 e. The molecule has 1 rings (SSSR count). The molecule has 0 aromatic heterocycles.